The van der Waals surface area contributed by atoms with E-state index in [9.17, 15) is 9.59 Å². The highest BCUT2D eigenvalue weighted by Gasteiger charge is 2.31. The molecule has 0 aliphatic heterocycles. The number of rotatable bonds is 5. The van der Waals surface area contributed by atoms with Gasteiger partial charge < -0.3 is 18.6 Å². The van der Waals surface area contributed by atoms with Crippen LogP contribution < -0.4 is 19.6 Å². The van der Waals surface area contributed by atoms with Gasteiger partial charge in [-0.1, -0.05) is 6.07 Å². The van der Waals surface area contributed by atoms with Crippen molar-refractivity contribution in [3.05, 3.63) is 52.9 Å². The molecule has 0 amide bonds. The van der Waals surface area contributed by atoms with E-state index in [-0.39, 0.29) is 17.3 Å². The maximum Gasteiger partial charge on any atom is 0.314 e. The number of hydrogen-bond acceptors (Lipinski definition) is 6. The van der Waals surface area contributed by atoms with Gasteiger partial charge in [-0.15, -0.1) is 0 Å². The number of esters is 1. The third-order valence-corrected chi connectivity index (χ3v) is 4.57. The minimum atomic E-state index is -0.237. The van der Waals surface area contributed by atoms with Crippen molar-refractivity contribution in [2.75, 3.05) is 14.2 Å². The molecule has 4 rings (SSSR count). The quantitative estimate of drug-likeness (QED) is 0.505. The lowest BCUT2D eigenvalue weighted by Gasteiger charge is -2.10. The molecule has 0 radical (unpaired) electrons. The van der Waals surface area contributed by atoms with Gasteiger partial charge in [-0.2, -0.15) is 0 Å². The lowest BCUT2D eigenvalue weighted by Crippen LogP contribution is -2.10. The van der Waals surface area contributed by atoms with Crippen LogP contribution in [0.1, 0.15) is 12.8 Å². The summed E-state index contributed by atoms with van der Waals surface area (Å²) in [6.45, 7) is 0. The van der Waals surface area contributed by atoms with Gasteiger partial charge >= 0.3 is 5.97 Å². The molecule has 0 saturated heterocycles. The molecular formula is C21H18O6. The third-order valence-electron chi connectivity index (χ3n) is 4.57. The van der Waals surface area contributed by atoms with Crippen LogP contribution in [0.2, 0.25) is 0 Å². The van der Waals surface area contributed by atoms with Crippen LogP contribution in [0.5, 0.6) is 17.2 Å². The van der Waals surface area contributed by atoms with E-state index in [1.807, 2.05) is 0 Å². The molecule has 1 aromatic heterocycles. The average molecular weight is 366 g/mol. The van der Waals surface area contributed by atoms with E-state index < -0.39 is 0 Å². The highest BCUT2D eigenvalue weighted by atomic mass is 16.5. The second-order valence-corrected chi connectivity index (χ2v) is 6.40. The largest absolute Gasteiger partial charge is 0.493 e. The molecule has 6 heteroatoms. The van der Waals surface area contributed by atoms with Crippen molar-refractivity contribution in [2.45, 2.75) is 12.8 Å². The standard InChI is InChI=1S/C21H18O6/c1-24-17-8-5-13(9-19(17)25-2)16-11-26-18-10-14(6-7-15(18)20(16)22)27-21(23)12-3-4-12/h5-12H,3-4H2,1-2H3. The van der Waals surface area contributed by atoms with Crippen LogP contribution in [0.3, 0.4) is 0 Å². The highest BCUT2D eigenvalue weighted by Crippen LogP contribution is 2.33. The zero-order valence-corrected chi connectivity index (χ0v) is 15.0. The number of hydrogen-bond donors (Lipinski definition) is 0. The fraction of sp³-hybridized carbons (Fsp3) is 0.238. The molecule has 1 aliphatic rings. The summed E-state index contributed by atoms with van der Waals surface area (Å²) in [5, 5.41) is 0.411. The monoisotopic (exact) mass is 366 g/mol. The Kier molecular flexibility index (Phi) is 4.32. The number of fused-ring (bicyclic) bond motifs is 1. The fourth-order valence-electron chi connectivity index (χ4n) is 2.89. The third kappa shape index (κ3) is 3.26. The molecule has 1 fully saturated rings. The Hall–Kier alpha value is -3.28. The lowest BCUT2D eigenvalue weighted by molar-refractivity contribution is -0.135. The van der Waals surface area contributed by atoms with Gasteiger partial charge in [-0.05, 0) is 42.7 Å². The number of ether oxygens (including phenoxy) is 3. The average Bonchev–Trinajstić information content (AvgIpc) is 3.53. The normalized spacial score (nSPS) is 13.4. The van der Waals surface area contributed by atoms with Crippen LogP contribution in [0, 0.1) is 5.92 Å². The van der Waals surface area contributed by atoms with E-state index >= 15 is 0 Å². The van der Waals surface area contributed by atoms with Gasteiger partial charge in [0, 0.05) is 6.07 Å². The molecule has 2 aromatic carbocycles. The fourth-order valence-corrected chi connectivity index (χ4v) is 2.89. The molecule has 6 nitrogen and oxygen atoms in total. The second kappa shape index (κ2) is 6.79. The van der Waals surface area contributed by atoms with E-state index in [0.29, 0.717) is 39.3 Å². The Morgan fingerprint density at radius 1 is 1.04 bits per heavy atom. The van der Waals surface area contributed by atoms with Crippen molar-refractivity contribution >= 4 is 16.9 Å². The lowest BCUT2D eigenvalue weighted by atomic mass is 10.0. The number of carbonyl (C=O) groups excluding carboxylic acids is 1. The van der Waals surface area contributed by atoms with Gasteiger partial charge in [0.2, 0.25) is 0 Å². The SMILES string of the molecule is COc1ccc(-c2coc3cc(OC(=O)C4CC4)ccc3c2=O)cc1OC. The van der Waals surface area contributed by atoms with E-state index in [1.165, 1.54) is 13.4 Å². The Balaban J connectivity index is 1.72. The minimum Gasteiger partial charge on any atom is -0.493 e. The van der Waals surface area contributed by atoms with Crippen molar-refractivity contribution in [1.29, 1.82) is 0 Å². The predicted octanol–water partition coefficient (Wildman–Crippen LogP) is 3.79. The summed E-state index contributed by atoms with van der Waals surface area (Å²) >= 11 is 0. The molecule has 1 saturated carbocycles. The molecule has 1 aliphatic carbocycles. The van der Waals surface area contributed by atoms with Crippen molar-refractivity contribution in [3.8, 4) is 28.4 Å². The molecule has 0 unspecified atom stereocenters. The van der Waals surface area contributed by atoms with Gasteiger partial charge in [-0.3, -0.25) is 9.59 Å². The minimum absolute atomic E-state index is 0.000124. The first-order chi connectivity index (χ1) is 13.1. The molecule has 0 spiro atoms. The van der Waals surface area contributed by atoms with Crippen molar-refractivity contribution in [3.63, 3.8) is 0 Å². The van der Waals surface area contributed by atoms with Crippen LogP contribution >= 0.6 is 0 Å². The highest BCUT2D eigenvalue weighted by molar-refractivity contribution is 5.84. The topological polar surface area (TPSA) is 75.0 Å². The molecule has 27 heavy (non-hydrogen) atoms. The van der Waals surface area contributed by atoms with Crippen LogP contribution in [0.25, 0.3) is 22.1 Å². The predicted molar refractivity (Wildman–Crippen MR) is 99.4 cm³/mol. The summed E-state index contributed by atoms with van der Waals surface area (Å²) in [6, 6.07) is 10.0. The van der Waals surface area contributed by atoms with Crippen molar-refractivity contribution < 1.29 is 23.4 Å². The van der Waals surface area contributed by atoms with E-state index in [2.05, 4.69) is 0 Å². The first-order valence-corrected chi connectivity index (χ1v) is 8.60. The second-order valence-electron chi connectivity index (χ2n) is 6.40. The van der Waals surface area contributed by atoms with Crippen molar-refractivity contribution in [2.24, 2.45) is 5.92 Å². The first kappa shape index (κ1) is 17.1. The zero-order valence-electron chi connectivity index (χ0n) is 15.0. The summed E-state index contributed by atoms with van der Waals surface area (Å²) < 4.78 is 21.5. The summed E-state index contributed by atoms with van der Waals surface area (Å²) in [5.74, 6) is 1.24. The van der Waals surface area contributed by atoms with Gasteiger partial charge in [0.15, 0.2) is 16.9 Å². The summed E-state index contributed by atoms with van der Waals surface area (Å²) in [6.07, 6.45) is 3.14. The zero-order chi connectivity index (χ0) is 19.0. The van der Waals surface area contributed by atoms with Gasteiger partial charge in [0.05, 0.1) is 31.1 Å². The van der Waals surface area contributed by atoms with Crippen LogP contribution in [0.4, 0.5) is 0 Å². The van der Waals surface area contributed by atoms with Crippen LogP contribution in [0.15, 0.2) is 51.9 Å². The number of carbonyl (C=O) groups is 1. The molecule has 138 valence electrons. The van der Waals surface area contributed by atoms with Crippen LogP contribution in [-0.4, -0.2) is 20.2 Å². The Bertz CT molecular complexity index is 1080. The summed E-state index contributed by atoms with van der Waals surface area (Å²) in [7, 11) is 3.09. The molecule has 0 N–H and O–H groups in total. The Morgan fingerprint density at radius 2 is 1.81 bits per heavy atom. The number of methoxy groups -OCH3 is 2. The molecular weight excluding hydrogens is 348 g/mol. The Labute approximate surface area is 155 Å². The maximum absolute atomic E-state index is 12.9. The van der Waals surface area contributed by atoms with E-state index in [1.54, 1.807) is 43.5 Å². The van der Waals surface area contributed by atoms with E-state index in [4.69, 9.17) is 18.6 Å². The van der Waals surface area contributed by atoms with Gasteiger partial charge in [0.25, 0.3) is 0 Å². The van der Waals surface area contributed by atoms with Crippen molar-refractivity contribution in [1.82, 2.24) is 0 Å². The smallest absolute Gasteiger partial charge is 0.314 e. The summed E-state index contributed by atoms with van der Waals surface area (Å²) in [5.41, 5.74) is 1.26. The molecule has 3 aromatic rings. The molecule has 1 heterocycles. The molecule has 0 atom stereocenters. The Morgan fingerprint density at radius 3 is 2.52 bits per heavy atom. The van der Waals surface area contributed by atoms with Gasteiger partial charge in [-0.25, -0.2) is 0 Å². The van der Waals surface area contributed by atoms with E-state index in [0.717, 1.165) is 12.8 Å². The first-order valence-electron chi connectivity index (χ1n) is 8.60. The van der Waals surface area contributed by atoms with Gasteiger partial charge in [0.1, 0.15) is 17.6 Å². The maximum atomic E-state index is 12.9. The van der Waals surface area contributed by atoms with Crippen LogP contribution in [-0.2, 0) is 4.79 Å². The summed E-state index contributed by atoms with van der Waals surface area (Å²) in [4.78, 5) is 24.7. The number of benzene rings is 2. The molecule has 0 bridgehead atoms.